The first-order chi connectivity index (χ1) is 8.02. The van der Waals surface area contributed by atoms with Crippen molar-refractivity contribution in [1.29, 1.82) is 0 Å². The minimum absolute atomic E-state index is 0.0961. The lowest BCUT2D eigenvalue weighted by Gasteiger charge is -2.18. The Hall–Kier alpha value is -0.450. The minimum atomic E-state index is -0.255. The van der Waals surface area contributed by atoms with Gasteiger partial charge in [0.25, 0.3) is 0 Å². The topological polar surface area (TPSA) is 32.3 Å². The van der Waals surface area contributed by atoms with Crippen LogP contribution < -0.4 is 5.32 Å². The van der Waals surface area contributed by atoms with Crippen molar-refractivity contribution in [1.82, 2.24) is 5.32 Å². The van der Waals surface area contributed by atoms with Crippen molar-refractivity contribution in [3.63, 3.8) is 0 Å². The molecule has 0 aliphatic carbocycles. The van der Waals surface area contributed by atoms with E-state index in [-0.39, 0.29) is 18.5 Å². The zero-order valence-corrected chi connectivity index (χ0v) is 11.8. The first-order valence-corrected chi connectivity index (χ1v) is 6.60. The minimum Gasteiger partial charge on any atom is -0.395 e. The van der Waals surface area contributed by atoms with E-state index in [0.29, 0.717) is 16.9 Å². The average molecular weight is 304 g/mol. The van der Waals surface area contributed by atoms with Crippen LogP contribution in [0.3, 0.4) is 0 Å². The molecule has 1 unspecified atom stereocenters. The van der Waals surface area contributed by atoms with Gasteiger partial charge in [0, 0.05) is 12.6 Å². The van der Waals surface area contributed by atoms with Gasteiger partial charge in [0.05, 0.1) is 11.1 Å². The molecule has 0 radical (unpaired) electrons. The van der Waals surface area contributed by atoms with Crippen LogP contribution >= 0.6 is 15.9 Å². The molecule has 0 amide bonds. The Morgan fingerprint density at radius 3 is 2.65 bits per heavy atom. The molecule has 0 aliphatic heterocycles. The number of nitrogens with one attached hydrogen (secondary N) is 1. The van der Waals surface area contributed by atoms with Gasteiger partial charge < -0.3 is 10.4 Å². The van der Waals surface area contributed by atoms with E-state index in [2.05, 4.69) is 35.1 Å². The predicted molar refractivity (Wildman–Crippen MR) is 71.3 cm³/mol. The maximum atomic E-state index is 13.0. The standard InChI is InChI=1S/C13H19BrFNO/c1-9(2)5-11(8-17)16-7-10-3-4-13(15)12(14)6-10/h3-4,6,9,11,16-17H,5,7-8H2,1-2H3. The summed E-state index contributed by atoms with van der Waals surface area (Å²) in [6.07, 6.45) is 0.929. The molecule has 0 saturated heterocycles. The van der Waals surface area contributed by atoms with Gasteiger partial charge in [0.15, 0.2) is 0 Å². The second-order valence-corrected chi connectivity index (χ2v) is 5.49. The van der Waals surface area contributed by atoms with Crippen LogP contribution in [-0.2, 0) is 6.54 Å². The molecule has 2 N–H and O–H groups in total. The van der Waals surface area contributed by atoms with Crippen LogP contribution in [0, 0.1) is 11.7 Å². The van der Waals surface area contributed by atoms with Crippen LogP contribution in [0.25, 0.3) is 0 Å². The molecule has 0 fully saturated rings. The summed E-state index contributed by atoms with van der Waals surface area (Å²) in [5.74, 6) is 0.286. The first-order valence-electron chi connectivity index (χ1n) is 5.81. The second kappa shape index (κ2) is 7.09. The zero-order valence-electron chi connectivity index (χ0n) is 10.2. The van der Waals surface area contributed by atoms with Gasteiger partial charge >= 0.3 is 0 Å². The van der Waals surface area contributed by atoms with Crippen molar-refractivity contribution in [3.05, 3.63) is 34.1 Å². The number of aliphatic hydroxyl groups is 1. The summed E-state index contributed by atoms with van der Waals surface area (Å²) in [7, 11) is 0. The summed E-state index contributed by atoms with van der Waals surface area (Å²) < 4.78 is 13.5. The fourth-order valence-electron chi connectivity index (χ4n) is 1.70. The summed E-state index contributed by atoms with van der Waals surface area (Å²) in [6.45, 7) is 5.01. The molecule has 0 saturated carbocycles. The molecule has 0 aromatic heterocycles. The normalized spacial score (nSPS) is 13.1. The van der Waals surface area contributed by atoms with E-state index in [0.717, 1.165) is 12.0 Å². The number of hydrogen-bond acceptors (Lipinski definition) is 2. The number of aliphatic hydroxyl groups excluding tert-OH is 1. The lowest BCUT2D eigenvalue weighted by Crippen LogP contribution is -2.33. The van der Waals surface area contributed by atoms with Gasteiger partial charge in [-0.3, -0.25) is 0 Å². The summed E-state index contributed by atoms with van der Waals surface area (Å²) in [5, 5.41) is 12.5. The van der Waals surface area contributed by atoms with Gasteiger partial charge in [0.2, 0.25) is 0 Å². The number of rotatable bonds is 6. The van der Waals surface area contributed by atoms with E-state index in [9.17, 15) is 9.50 Å². The first kappa shape index (κ1) is 14.6. The highest BCUT2D eigenvalue weighted by molar-refractivity contribution is 9.10. The lowest BCUT2D eigenvalue weighted by molar-refractivity contribution is 0.223. The van der Waals surface area contributed by atoms with E-state index < -0.39 is 0 Å². The van der Waals surface area contributed by atoms with Gasteiger partial charge in [-0.05, 0) is 46.0 Å². The fraction of sp³-hybridized carbons (Fsp3) is 0.538. The van der Waals surface area contributed by atoms with Crippen LogP contribution in [0.15, 0.2) is 22.7 Å². The molecule has 1 aromatic rings. The highest BCUT2D eigenvalue weighted by Gasteiger charge is 2.09. The monoisotopic (exact) mass is 303 g/mol. The van der Waals surface area contributed by atoms with E-state index in [1.54, 1.807) is 12.1 Å². The van der Waals surface area contributed by atoms with Crippen molar-refractivity contribution in [2.75, 3.05) is 6.61 Å². The van der Waals surface area contributed by atoms with Crippen molar-refractivity contribution in [2.45, 2.75) is 32.9 Å². The SMILES string of the molecule is CC(C)CC(CO)NCc1ccc(F)c(Br)c1. The third-order valence-electron chi connectivity index (χ3n) is 2.56. The summed E-state index contributed by atoms with van der Waals surface area (Å²) in [4.78, 5) is 0. The van der Waals surface area contributed by atoms with Crippen molar-refractivity contribution in [2.24, 2.45) is 5.92 Å². The van der Waals surface area contributed by atoms with E-state index in [1.165, 1.54) is 6.07 Å². The van der Waals surface area contributed by atoms with Crippen molar-refractivity contribution >= 4 is 15.9 Å². The molecule has 1 atom stereocenters. The van der Waals surface area contributed by atoms with Gasteiger partial charge in [-0.15, -0.1) is 0 Å². The summed E-state index contributed by atoms with van der Waals surface area (Å²) in [5.41, 5.74) is 1.00. The third kappa shape index (κ3) is 5.15. The molecular weight excluding hydrogens is 285 g/mol. The molecule has 0 aliphatic rings. The van der Waals surface area contributed by atoms with E-state index in [4.69, 9.17) is 0 Å². The maximum absolute atomic E-state index is 13.0. The second-order valence-electron chi connectivity index (χ2n) is 4.64. The van der Waals surface area contributed by atoms with Crippen LogP contribution in [0.2, 0.25) is 0 Å². The Bertz CT molecular complexity index is 357. The fourth-order valence-corrected chi connectivity index (χ4v) is 2.13. The molecule has 1 rings (SSSR count). The van der Waals surface area contributed by atoms with Crippen LogP contribution in [-0.4, -0.2) is 17.8 Å². The molecule has 4 heteroatoms. The quantitative estimate of drug-likeness (QED) is 0.846. The van der Waals surface area contributed by atoms with Crippen LogP contribution in [0.4, 0.5) is 4.39 Å². The largest absolute Gasteiger partial charge is 0.395 e. The smallest absolute Gasteiger partial charge is 0.137 e. The Morgan fingerprint density at radius 2 is 2.12 bits per heavy atom. The lowest BCUT2D eigenvalue weighted by atomic mass is 10.0. The third-order valence-corrected chi connectivity index (χ3v) is 3.16. The Labute approximate surface area is 110 Å². The highest BCUT2D eigenvalue weighted by atomic mass is 79.9. The Kier molecular flexibility index (Phi) is 6.09. The molecule has 17 heavy (non-hydrogen) atoms. The summed E-state index contributed by atoms with van der Waals surface area (Å²) in [6, 6.07) is 5.04. The van der Waals surface area contributed by atoms with Crippen molar-refractivity contribution in [3.8, 4) is 0 Å². The number of benzene rings is 1. The molecule has 96 valence electrons. The van der Waals surface area contributed by atoms with Crippen LogP contribution in [0.5, 0.6) is 0 Å². The van der Waals surface area contributed by atoms with Crippen molar-refractivity contribution < 1.29 is 9.50 Å². The number of hydrogen-bond donors (Lipinski definition) is 2. The van der Waals surface area contributed by atoms with E-state index >= 15 is 0 Å². The van der Waals surface area contributed by atoms with Gasteiger partial charge in [0.1, 0.15) is 5.82 Å². The highest BCUT2D eigenvalue weighted by Crippen LogP contribution is 2.17. The average Bonchev–Trinajstić information content (AvgIpc) is 2.28. The van der Waals surface area contributed by atoms with Gasteiger partial charge in [-0.2, -0.15) is 0 Å². The molecule has 0 heterocycles. The Balaban J connectivity index is 2.50. The molecule has 1 aromatic carbocycles. The van der Waals surface area contributed by atoms with Crippen LogP contribution in [0.1, 0.15) is 25.8 Å². The predicted octanol–water partition coefficient (Wildman–Crippen LogP) is 3.08. The van der Waals surface area contributed by atoms with Gasteiger partial charge in [-0.25, -0.2) is 4.39 Å². The molecular formula is C13H19BrFNO. The van der Waals surface area contributed by atoms with Gasteiger partial charge in [-0.1, -0.05) is 19.9 Å². The number of halogens is 2. The molecule has 2 nitrogen and oxygen atoms in total. The zero-order chi connectivity index (χ0) is 12.8. The van der Waals surface area contributed by atoms with E-state index in [1.807, 2.05) is 0 Å². The summed E-state index contributed by atoms with van der Waals surface area (Å²) >= 11 is 3.16. The Morgan fingerprint density at radius 1 is 1.41 bits per heavy atom. The molecule has 0 bridgehead atoms. The molecule has 0 spiro atoms. The maximum Gasteiger partial charge on any atom is 0.137 e.